The molecule has 0 unspecified atom stereocenters. The van der Waals surface area contributed by atoms with Crippen molar-refractivity contribution >= 4 is 10.9 Å². The smallest absolute Gasteiger partial charge is 0.405 e. The Morgan fingerprint density at radius 1 is 1.13 bits per heavy atom. The SMILES string of the molecule is Cc1noc(C)c1-c1cc2ccc(=O)n(Cc3ccccn3)c2cc1OC(F)(F)F. The summed E-state index contributed by atoms with van der Waals surface area (Å²) in [5.74, 6) is -0.0783. The number of aromatic nitrogens is 3. The van der Waals surface area contributed by atoms with Gasteiger partial charge in [-0.1, -0.05) is 11.2 Å². The van der Waals surface area contributed by atoms with Crippen LogP contribution in [0.4, 0.5) is 13.2 Å². The number of hydrogen-bond acceptors (Lipinski definition) is 5. The molecule has 0 spiro atoms. The van der Waals surface area contributed by atoms with Crippen LogP contribution in [0.1, 0.15) is 17.1 Å². The van der Waals surface area contributed by atoms with Crippen molar-refractivity contribution < 1.29 is 22.4 Å². The fourth-order valence-corrected chi connectivity index (χ4v) is 3.41. The van der Waals surface area contributed by atoms with Gasteiger partial charge in [0.2, 0.25) is 0 Å². The lowest BCUT2D eigenvalue weighted by Crippen LogP contribution is -2.21. The van der Waals surface area contributed by atoms with E-state index in [1.54, 1.807) is 44.3 Å². The van der Waals surface area contributed by atoms with E-state index in [1.165, 1.54) is 22.8 Å². The number of halogens is 3. The quantitative estimate of drug-likeness (QED) is 0.487. The minimum atomic E-state index is -4.91. The third-order valence-electron chi connectivity index (χ3n) is 4.67. The molecule has 0 radical (unpaired) electrons. The van der Waals surface area contributed by atoms with E-state index in [0.717, 1.165) is 0 Å². The third-order valence-corrected chi connectivity index (χ3v) is 4.67. The number of ether oxygens (including phenoxy) is 1. The van der Waals surface area contributed by atoms with Gasteiger partial charge in [-0.2, -0.15) is 0 Å². The van der Waals surface area contributed by atoms with Gasteiger partial charge in [-0.3, -0.25) is 9.78 Å². The summed E-state index contributed by atoms with van der Waals surface area (Å²) >= 11 is 0. The van der Waals surface area contributed by atoms with Crippen LogP contribution >= 0.6 is 0 Å². The maximum Gasteiger partial charge on any atom is 0.573 e. The van der Waals surface area contributed by atoms with Crippen LogP contribution in [0.25, 0.3) is 22.0 Å². The van der Waals surface area contributed by atoms with Gasteiger partial charge in [0.05, 0.1) is 29.0 Å². The fraction of sp³-hybridized carbons (Fsp3) is 0.190. The molecule has 9 heteroatoms. The first-order chi connectivity index (χ1) is 14.2. The molecular weight excluding hydrogens is 399 g/mol. The summed E-state index contributed by atoms with van der Waals surface area (Å²) in [5, 5.41) is 4.39. The van der Waals surface area contributed by atoms with Crippen LogP contribution < -0.4 is 10.3 Å². The first-order valence-corrected chi connectivity index (χ1v) is 8.99. The Labute approximate surface area is 168 Å². The molecule has 0 aliphatic carbocycles. The summed E-state index contributed by atoms with van der Waals surface area (Å²) in [5.41, 5.74) is 1.55. The Morgan fingerprint density at radius 3 is 2.57 bits per heavy atom. The molecule has 4 rings (SSSR count). The largest absolute Gasteiger partial charge is 0.573 e. The molecule has 1 aromatic carbocycles. The first-order valence-electron chi connectivity index (χ1n) is 8.99. The highest BCUT2D eigenvalue weighted by molar-refractivity contribution is 5.89. The summed E-state index contributed by atoms with van der Waals surface area (Å²) in [4.78, 5) is 16.7. The summed E-state index contributed by atoms with van der Waals surface area (Å²) in [6, 6.07) is 10.9. The number of rotatable bonds is 4. The van der Waals surface area contributed by atoms with Crippen molar-refractivity contribution in [1.82, 2.24) is 14.7 Å². The standard InChI is InChI=1S/C21H16F3N3O3/c1-12-20(13(2)30-26-12)16-9-14-6-7-19(28)27(11-15-5-3-4-8-25-15)17(14)10-18(16)29-21(22,23)24/h3-10H,11H2,1-2H3. The summed E-state index contributed by atoms with van der Waals surface area (Å²) in [7, 11) is 0. The number of hydrogen-bond donors (Lipinski definition) is 0. The van der Waals surface area contributed by atoms with Gasteiger partial charge in [0, 0.05) is 23.9 Å². The van der Waals surface area contributed by atoms with Gasteiger partial charge in [0.15, 0.2) is 0 Å². The van der Waals surface area contributed by atoms with Crippen molar-refractivity contribution in [2.75, 3.05) is 0 Å². The zero-order chi connectivity index (χ0) is 21.5. The predicted octanol–water partition coefficient (Wildman–Crippen LogP) is 4.62. The van der Waals surface area contributed by atoms with E-state index in [9.17, 15) is 18.0 Å². The van der Waals surface area contributed by atoms with Gasteiger partial charge in [-0.05, 0) is 43.5 Å². The lowest BCUT2D eigenvalue weighted by Gasteiger charge is -2.17. The van der Waals surface area contributed by atoms with Gasteiger partial charge < -0.3 is 13.8 Å². The molecule has 0 N–H and O–H groups in total. The molecule has 30 heavy (non-hydrogen) atoms. The normalized spacial score (nSPS) is 11.8. The fourth-order valence-electron chi connectivity index (χ4n) is 3.41. The van der Waals surface area contributed by atoms with Crippen LogP contribution in [0.15, 0.2) is 58.0 Å². The Hall–Kier alpha value is -3.62. The number of benzene rings is 1. The second kappa shape index (κ2) is 7.33. The van der Waals surface area contributed by atoms with Crippen molar-refractivity contribution in [2.24, 2.45) is 0 Å². The van der Waals surface area contributed by atoms with Crippen molar-refractivity contribution in [3.05, 3.63) is 76.2 Å². The predicted molar refractivity (Wildman–Crippen MR) is 103 cm³/mol. The molecule has 0 aliphatic rings. The molecule has 0 atom stereocenters. The molecule has 4 aromatic rings. The topological polar surface area (TPSA) is 70.2 Å². The molecule has 0 saturated carbocycles. The Bertz CT molecular complexity index is 1260. The van der Waals surface area contributed by atoms with Crippen molar-refractivity contribution in [2.45, 2.75) is 26.8 Å². The van der Waals surface area contributed by atoms with Crippen LogP contribution in [-0.4, -0.2) is 21.1 Å². The number of alkyl halides is 3. The maximum atomic E-state index is 13.2. The molecule has 0 amide bonds. The van der Waals surface area contributed by atoms with Gasteiger partial charge in [0.25, 0.3) is 5.56 Å². The van der Waals surface area contributed by atoms with E-state index in [0.29, 0.717) is 33.6 Å². The molecule has 0 saturated heterocycles. The van der Waals surface area contributed by atoms with Crippen LogP contribution in [0.2, 0.25) is 0 Å². The lowest BCUT2D eigenvalue weighted by atomic mass is 10.0. The Morgan fingerprint density at radius 2 is 1.93 bits per heavy atom. The third kappa shape index (κ3) is 3.78. The van der Waals surface area contributed by atoms with E-state index in [2.05, 4.69) is 14.9 Å². The second-order valence-electron chi connectivity index (χ2n) is 6.73. The van der Waals surface area contributed by atoms with Gasteiger partial charge in [-0.25, -0.2) is 0 Å². The highest BCUT2D eigenvalue weighted by Gasteiger charge is 2.33. The molecule has 3 heterocycles. The van der Waals surface area contributed by atoms with E-state index in [4.69, 9.17) is 4.52 Å². The van der Waals surface area contributed by atoms with Crippen molar-refractivity contribution in [3.8, 4) is 16.9 Å². The van der Waals surface area contributed by atoms with E-state index in [-0.39, 0.29) is 17.7 Å². The van der Waals surface area contributed by atoms with E-state index >= 15 is 0 Å². The highest BCUT2D eigenvalue weighted by Crippen LogP contribution is 2.39. The van der Waals surface area contributed by atoms with Crippen molar-refractivity contribution in [3.63, 3.8) is 0 Å². The summed E-state index contributed by atoms with van der Waals surface area (Å²) in [6.07, 6.45) is -3.33. The summed E-state index contributed by atoms with van der Waals surface area (Å²) < 4.78 is 50.3. The molecule has 0 fully saturated rings. The zero-order valence-electron chi connectivity index (χ0n) is 16.0. The molecule has 3 aromatic heterocycles. The van der Waals surface area contributed by atoms with Crippen molar-refractivity contribution in [1.29, 1.82) is 0 Å². The average Bonchev–Trinajstić information content (AvgIpc) is 3.02. The number of nitrogens with zero attached hydrogens (tertiary/aromatic N) is 3. The first kappa shape index (κ1) is 19.7. The Kier molecular flexibility index (Phi) is 4.81. The summed E-state index contributed by atoms with van der Waals surface area (Å²) in [6.45, 7) is 3.35. The lowest BCUT2D eigenvalue weighted by molar-refractivity contribution is -0.274. The molecule has 154 valence electrons. The highest BCUT2D eigenvalue weighted by atomic mass is 19.4. The number of fused-ring (bicyclic) bond motifs is 1. The number of pyridine rings is 2. The van der Waals surface area contributed by atoms with E-state index in [1.807, 2.05) is 0 Å². The average molecular weight is 415 g/mol. The Balaban J connectivity index is 1.97. The zero-order valence-corrected chi connectivity index (χ0v) is 16.0. The minimum Gasteiger partial charge on any atom is -0.405 e. The van der Waals surface area contributed by atoms with E-state index < -0.39 is 12.1 Å². The molecule has 0 aliphatic heterocycles. The van der Waals surface area contributed by atoms with Gasteiger partial charge >= 0.3 is 6.36 Å². The second-order valence-corrected chi connectivity index (χ2v) is 6.73. The van der Waals surface area contributed by atoms with Crippen LogP contribution in [-0.2, 0) is 6.54 Å². The monoisotopic (exact) mass is 415 g/mol. The van der Waals surface area contributed by atoms with Gasteiger partial charge in [-0.15, -0.1) is 13.2 Å². The molecule has 6 nitrogen and oxygen atoms in total. The minimum absolute atomic E-state index is 0.104. The molecular formula is C21H16F3N3O3. The van der Waals surface area contributed by atoms with Crippen LogP contribution in [0.5, 0.6) is 5.75 Å². The maximum absolute atomic E-state index is 13.2. The number of aryl methyl sites for hydroxylation is 2. The molecule has 0 bridgehead atoms. The van der Waals surface area contributed by atoms with Gasteiger partial charge in [0.1, 0.15) is 11.5 Å². The van der Waals surface area contributed by atoms with Crippen LogP contribution in [0.3, 0.4) is 0 Å². The van der Waals surface area contributed by atoms with Crippen LogP contribution in [0, 0.1) is 13.8 Å².